The molecule has 0 aliphatic carbocycles. The summed E-state index contributed by atoms with van der Waals surface area (Å²) in [5.74, 6) is 0. The Morgan fingerprint density at radius 2 is 1.71 bits per heavy atom. The van der Waals surface area contributed by atoms with Crippen LogP contribution in [-0.4, -0.2) is 31.0 Å². The Morgan fingerprint density at radius 3 is 2.52 bits per heavy atom. The summed E-state index contributed by atoms with van der Waals surface area (Å²) in [6.45, 7) is 2.14. The van der Waals surface area contributed by atoms with Gasteiger partial charge in [0.05, 0.1) is 22.3 Å². The number of aromatic amines is 1. The van der Waals surface area contributed by atoms with E-state index in [9.17, 15) is 13.2 Å². The predicted molar refractivity (Wildman–Crippen MR) is 120 cm³/mol. The fraction of sp³-hybridized carbons (Fsp3) is 0.130. The van der Waals surface area contributed by atoms with Crippen molar-refractivity contribution >= 4 is 27.1 Å². The lowest BCUT2D eigenvalue weighted by Gasteiger charge is -2.12. The minimum Gasteiger partial charge on any atom is -0.345 e. The summed E-state index contributed by atoms with van der Waals surface area (Å²) < 4.78 is 26.7. The van der Waals surface area contributed by atoms with Crippen molar-refractivity contribution in [1.82, 2.24) is 20.0 Å². The highest BCUT2D eigenvalue weighted by Crippen LogP contribution is 2.29. The Labute approximate surface area is 180 Å². The molecule has 0 unspecified atom stereocenters. The maximum atomic E-state index is 12.3. The molecule has 7 nitrogen and oxygen atoms in total. The monoisotopic (exact) mass is 434 g/mol. The van der Waals surface area contributed by atoms with Crippen molar-refractivity contribution in [3.8, 4) is 11.1 Å². The van der Waals surface area contributed by atoms with Crippen molar-refractivity contribution in [3.05, 3.63) is 84.2 Å². The molecule has 0 radical (unpaired) electrons. The van der Waals surface area contributed by atoms with Crippen LogP contribution in [0.2, 0.25) is 0 Å². The van der Waals surface area contributed by atoms with Crippen LogP contribution in [0, 0.1) is 6.92 Å². The first-order valence-corrected chi connectivity index (χ1v) is 11.3. The number of para-hydroxylation sites is 1. The van der Waals surface area contributed by atoms with Crippen LogP contribution in [0.25, 0.3) is 22.2 Å². The van der Waals surface area contributed by atoms with Gasteiger partial charge in [-0.3, -0.25) is 0 Å². The number of hydrogen-bond acceptors (Lipinski definition) is 4. The van der Waals surface area contributed by atoms with Gasteiger partial charge in [0, 0.05) is 12.1 Å². The zero-order chi connectivity index (χ0) is 21.8. The second-order valence-electron chi connectivity index (χ2n) is 7.19. The van der Waals surface area contributed by atoms with E-state index in [1.54, 1.807) is 18.5 Å². The van der Waals surface area contributed by atoms with Gasteiger partial charge >= 0.3 is 6.03 Å². The molecule has 0 saturated carbocycles. The number of rotatable bonds is 6. The lowest BCUT2D eigenvalue weighted by atomic mass is 9.96. The first kappa shape index (κ1) is 20.6. The molecule has 4 aromatic rings. The van der Waals surface area contributed by atoms with Gasteiger partial charge in [0.2, 0.25) is 0 Å². The van der Waals surface area contributed by atoms with Crippen LogP contribution >= 0.6 is 0 Å². The number of amides is 2. The average Bonchev–Trinajstić information content (AvgIpc) is 3.23. The number of nitrogens with one attached hydrogen (secondary N) is 3. The normalized spacial score (nSPS) is 11.4. The van der Waals surface area contributed by atoms with Gasteiger partial charge in [-0.1, -0.05) is 54.1 Å². The molecule has 0 saturated heterocycles. The minimum absolute atomic E-state index is 0.0469. The summed E-state index contributed by atoms with van der Waals surface area (Å²) in [6, 6.07) is 19.4. The number of fused-ring (bicyclic) bond motifs is 1. The molecule has 0 aliphatic heterocycles. The highest BCUT2D eigenvalue weighted by Gasteiger charge is 2.17. The van der Waals surface area contributed by atoms with Crippen molar-refractivity contribution in [2.24, 2.45) is 0 Å². The van der Waals surface area contributed by atoms with Crippen molar-refractivity contribution in [1.29, 1.82) is 0 Å². The van der Waals surface area contributed by atoms with Gasteiger partial charge in [0.15, 0.2) is 0 Å². The van der Waals surface area contributed by atoms with Gasteiger partial charge in [0.25, 0.3) is 10.0 Å². The van der Waals surface area contributed by atoms with Crippen molar-refractivity contribution in [2.75, 3.05) is 6.54 Å². The van der Waals surface area contributed by atoms with Crippen LogP contribution in [-0.2, 0) is 16.4 Å². The molecule has 3 aromatic carbocycles. The number of imidazole rings is 1. The summed E-state index contributed by atoms with van der Waals surface area (Å²) in [5, 5.41) is 2.63. The molecule has 3 N–H and O–H groups in total. The van der Waals surface area contributed by atoms with Crippen LogP contribution in [0.4, 0.5) is 4.79 Å². The second kappa shape index (κ2) is 8.61. The molecule has 2 amide bonds. The Morgan fingerprint density at radius 1 is 0.968 bits per heavy atom. The van der Waals surface area contributed by atoms with E-state index in [1.807, 2.05) is 49.4 Å². The molecule has 31 heavy (non-hydrogen) atoms. The number of aryl methyl sites for hydroxylation is 1. The molecule has 0 bridgehead atoms. The smallest absolute Gasteiger partial charge is 0.328 e. The van der Waals surface area contributed by atoms with Crippen molar-refractivity contribution in [3.63, 3.8) is 0 Å². The molecule has 4 rings (SSSR count). The number of carbonyl (C=O) groups is 1. The average molecular weight is 435 g/mol. The van der Waals surface area contributed by atoms with Crippen LogP contribution in [0.15, 0.2) is 78.0 Å². The summed E-state index contributed by atoms with van der Waals surface area (Å²) in [4.78, 5) is 19.7. The minimum atomic E-state index is -3.91. The number of aromatic nitrogens is 2. The third-order valence-corrected chi connectivity index (χ3v) is 6.34. The van der Waals surface area contributed by atoms with Crippen molar-refractivity contribution in [2.45, 2.75) is 18.2 Å². The second-order valence-corrected chi connectivity index (χ2v) is 8.87. The third kappa shape index (κ3) is 4.59. The summed E-state index contributed by atoms with van der Waals surface area (Å²) in [6.07, 6.45) is 2.20. The molecule has 1 heterocycles. The van der Waals surface area contributed by atoms with E-state index >= 15 is 0 Å². The Balaban J connectivity index is 1.43. The molecule has 0 atom stereocenters. The fourth-order valence-electron chi connectivity index (χ4n) is 3.43. The fourth-order valence-corrected chi connectivity index (χ4v) is 4.36. The van der Waals surface area contributed by atoms with E-state index < -0.39 is 16.1 Å². The number of nitrogens with zero attached hydrogens (tertiary/aromatic N) is 1. The molecule has 158 valence electrons. The Hall–Kier alpha value is -3.65. The van der Waals surface area contributed by atoms with Gasteiger partial charge in [-0.2, -0.15) is 0 Å². The highest BCUT2D eigenvalue weighted by atomic mass is 32.2. The zero-order valence-corrected chi connectivity index (χ0v) is 17.7. The molecule has 0 aliphatic rings. The first-order valence-electron chi connectivity index (χ1n) is 9.82. The van der Waals surface area contributed by atoms with Crippen LogP contribution in [0.3, 0.4) is 0 Å². The Bertz CT molecular complexity index is 1330. The van der Waals surface area contributed by atoms with E-state index in [-0.39, 0.29) is 11.4 Å². The standard InChI is InChI=1S/C23H22N4O3S/c1-16-9-11-18(12-10-16)31(29,30)27-23(28)24-14-13-17-5-2-3-6-19(17)20-7-4-8-21-22(20)26-15-25-21/h2-12,15H,13-14H2,1H3,(H,25,26)(H2,24,27,28). The molecular formula is C23H22N4O3S. The van der Waals surface area contributed by atoms with E-state index in [0.29, 0.717) is 6.42 Å². The molecule has 1 aromatic heterocycles. The van der Waals surface area contributed by atoms with Gasteiger partial charge in [-0.15, -0.1) is 0 Å². The number of sulfonamides is 1. The summed E-state index contributed by atoms with van der Waals surface area (Å²) >= 11 is 0. The number of carbonyl (C=O) groups excluding carboxylic acids is 1. The summed E-state index contributed by atoms with van der Waals surface area (Å²) in [7, 11) is -3.91. The lowest BCUT2D eigenvalue weighted by molar-refractivity contribution is 0.246. The SMILES string of the molecule is Cc1ccc(S(=O)(=O)NC(=O)NCCc2ccccc2-c2cccc3[nH]cnc23)cc1. The first-order chi connectivity index (χ1) is 14.9. The van der Waals surface area contributed by atoms with E-state index in [2.05, 4.69) is 20.0 Å². The Kier molecular flexibility index (Phi) is 5.73. The maximum absolute atomic E-state index is 12.3. The molecular weight excluding hydrogens is 412 g/mol. The third-order valence-electron chi connectivity index (χ3n) is 5.00. The van der Waals surface area contributed by atoms with Crippen molar-refractivity contribution < 1.29 is 13.2 Å². The summed E-state index contributed by atoms with van der Waals surface area (Å²) in [5.41, 5.74) is 5.82. The topological polar surface area (TPSA) is 104 Å². The number of urea groups is 1. The van der Waals surface area contributed by atoms with Gasteiger partial charge in [-0.25, -0.2) is 22.9 Å². The van der Waals surface area contributed by atoms with Crippen LogP contribution in [0.5, 0.6) is 0 Å². The van der Waals surface area contributed by atoms with Gasteiger partial charge < -0.3 is 10.3 Å². The quantitative estimate of drug-likeness (QED) is 0.430. The molecule has 0 spiro atoms. The zero-order valence-electron chi connectivity index (χ0n) is 16.9. The number of H-pyrrole nitrogens is 1. The molecule has 8 heteroatoms. The van der Waals surface area contributed by atoms with Crippen LogP contribution < -0.4 is 10.0 Å². The number of benzene rings is 3. The molecule has 0 fully saturated rings. The number of hydrogen-bond donors (Lipinski definition) is 3. The predicted octanol–water partition coefficient (Wildman–Crippen LogP) is 3.77. The largest absolute Gasteiger partial charge is 0.345 e. The van der Waals surface area contributed by atoms with E-state index in [0.717, 1.165) is 33.3 Å². The van der Waals surface area contributed by atoms with E-state index in [1.165, 1.54) is 12.1 Å². The highest BCUT2D eigenvalue weighted by molar-refractivity contribution is 7.90. The van der Waals surface area contributed by atoms with Gasteiger partial charge in [-0.05, 0) is 42.7 Å². The van der Waals surface area contributed by atoms with Crippen LogP contribution in [0.1, 0.15) is 11.1 Å². The van der Waals surface area contributed by atoms with Gasteiger partial charge in [0.1, 0.15) is 0 Å². The van der Waals surface area contributed by atoms with E-state index in [4.69, 9.17) is 0 Å². The maximum Gasteiger partial charge on any atom is 0.328 e. The lowest BCUT2D eigenvalue weighted by Crippen LogP contribution is -2.40.